The summed E-state index contributed by atoms with van der Waals surface area (Å²) in [6.07, 6.45) is 1.46. The maximum atomic E-state index is 12.7. The van der Waals surface area contributed by atoms with Crippen molar-refractivity contribution in [3.63, 3.8) is 0 Å². The number of hydrogen-bond donors (Lipinski definition) is 5. The van der Waals surface area contributed by atoms with Crippen molar-refractivity contribution in [2.24, 2.45) is 16.5 Å². The van der Waals surface area contributed by atoms with Crippen molar-refractivity contribution in [1.82, 2.24) is 5.32 Å². The molecule has 0 saturated carbocycles. The molecule has 0 radical (unpaired) electrons. The van der Waals surface area contributed by atoms with Crippen LogP contribution < -0.4 is 26.8 Å². The SMILES string of the molecule is CNC/N=C/Nc1ccc(C(=O)Oc2ccc3cc(C(=N)N)ccc3c2CC(N)=O)cc1. The van der Waals surface area contributed by atoms with E-state index in [1.165, 1.54) is 0 Å². The van der Waals surface area contributed by atoms with Crippen LogP contribution in [0.4, 0.5) is 5.69 Å². The van der Waals surface area contributed by atoms with Gasteiger partial charge in [-0.2, -0.15) is 0 Å². The summed E-state index contributed by atoms with van der Waals surface area (Å²) in [4.78, 5) is 28.4. The number of ether oxygens (including phenoxy) is 1. The Morgan fingerprint density at radius 2 is 1.78 bits per heavy atom. The van der Waals surface area contributed by atoms with Gasteiger partial charge >= 0.3 is 5.97 Å². The number of nitrogens with two attached hydrogens (primary N) is 2. The highest BCUT2D eigenvalue weighted by Gasteiger charge is 2.16. The summed E-state index contributed by atoms with van der Waals surface area (Å²) in [7, 11) is 1.80. The summed E-state index contributed by atoms with van der Waals surface area (Å²) in [6, 6.07) is 15.2. The van der Waals surface area contributed by atoms with Gasteiger partial charge in [0, 0.05) is 16.8 Å². The second-order valence-electron chi connectivity index (χ2n) is 6.97. The largest absolute Gasteiger partial charge is 0.423 e. The molecule has 9 heteroatoms. The average Bonchev–Trinajstić information content (AvgIpc) is 2.78. The molecule has 0 spiro atoms. The van der Waals surface area contributed by atoms with Crippen LogP contribution in [0.1, 0.15) is 21.5 Å². The monoisotopic (exact) mass is 432 g/mol. The van der Waals surface area contributed by atoms with Crippen LogP contribution in [0, 0.1) is 5.41 Å². The van der Waals surface area contributed by atoms with Gasteiger partial charge in [-0.1, -0.05) is 18.2 Å². The van der Waals surface area contributed by atoms with E-state index >= 15 is 0 Å². The zero-order chi connectivity index (χ0) is 23.1. The van der Waals surface area contributed by atoms with Crippen LogP contribution in [-0.2, 0) is 11.2 Å². The van der Waals surface area contributed by atoms with Crippen LogP contribution in [0.2, 0.25) is 0 Å². The van der Waals surface area contributed by atoms with E-state index in [2.05, 4.69) is 15.6 Å². The van der Waals surface area contributed by atoms with Crippen molar-refractivity contribution in [2.45, 2.75) is 6.42 Å². The molecule has 0 saturated heterocycles. The second-order valence-corrected chi connectivity index (χ2v) is 6.97. The number of anilines is 1. The van der Waals surface area contributed by atoms with E-state index in [0.717, 1.165) is 11.1 Å². The van der Waals surface area contributed by atoms with Gasteiger partial charge in [-0.05, 0) is 54.2 Å². The number of nitrogen functional groups attached to an aromatic ring is 1. The van der Waals surface area contributed by atoms with Crippen LogP contribution in [0.15, 0.2) is 59.6 Å². The summed E-state index contributed by atoms with van der Waals surface area (Å²) in [5.74, 6) is -0.935. The van der Waals surface area contributed by atoms with Crippen molar-refractivity contribution in [3.8, 4) is 5.75 Å². The molecule has 1 amide bonds. The summed E-state index contributed by atoms with van der Waals surface area (Å²) < 4.78 is 5.60. The maximum absolute atomic E-state index is 12.7. The third-order valence-corrected chi connectivity index (χ3v) is 4.65. The molecule has 32 heavy (non-hydrogen) atoms. The Morgan fingerprint density at radius 1 is 1.06 bits per heavy atom. The smallest absolute Gasteiger partial charge is 0.343 e. The molecular formula is C23H24N6O3. The van der Waals surface area contributed by atoms with Crippen molar-refractivity contribution < 1.29 is 14.3 Å². The molecule has 3 aromatic rings. The fourth-order valence-corrected chi connectivity index (χ4v) is 3.11. The minimum Gasteiger partial charge on any atom is -0.423 e. The van der Waals surface area contributed by atoms with Gasteiger partial charge in [0.05, 0.1) is 25.0 Å². The fraction of sp³-hybridized carbons (Fsp3) is 0.130. The molecule has 0 unspecified atom stereocenters. The van der Waals surface area contributed by atoms with Crippen molar-refractivity contribution in [3.05, 3.63) is 71.3 Å². The zero-order valence-electron chi connectivity index (χ0n) is 17.5. The van der Waals surface area contributed by atoms with Gasteiger partial charge in [0.15, 0.2) is 0 Å². The Morgan fingerprint density at radius 3 is 2.44 bits per heavy atom. The number of esters is 1. The van der Waals surface area contributed by atoms with Crippen molar-refractivity contribution >= 4 is 40.5 Å². The molecule has 9 nitrogen and oxygen atoms in total. The van der Waals surface area contributed by atoms with Gasteiger partial charge in [0.2, 0.25) is 5.91 Å². The van der Waals surface area contributed by atoms with Crippen LogP contribution in [0.5, 0.6) is 5.75 Å². The lowest BCUT2D eigenvalue weighted by Gasteiger charge is -2.13. The second kappa shape index (κ2) is 10.2. The molecule has 3 rings (SSSR count). The number of hydrogen-bond acceptors (Lipinski definition) is 6. The Labute approximate surface area is 185 Å². The topological polar surface area (TPSA) is 156 Å². The summed E-state index contributed by atoms with van der Waals surface area (Å²) in [5, 5.41) is 14.9. The van der Waals surface area contributed by atoms with Crippen molar-refractivity contribution in [1.29, 1.82) is 5.41 Å². The number of amides is 1. The molecule has 3 aromatic carbocycles. The van der Waals surface area contributed by atoms with E-state index in [1.54, 1.807) is 68.0 Å². The molecule has 0 heterocycles. The number of nitrogens with one attached hydrogen (secondary N) is 3. The molecule has 0 fully saturated rings. The fourth-order valence-electron chi connectivity index (χ4n) is 3.11. The van der Waals surface area contributed by atoms with Gasteiger partial charge in [-0.3, -0.25) is 15.2 Å². The van der Waals surface area contributed by atoms with E-state index in [9.17, 15) is 9.59 Å². The number of benzene rings is 3. The number of fused-ring (bicyclic) bond motifs is 1. The first-order valence-electron chi connectivity index (χ1n) is 9.79. The highest BCUT2D eigenvalue weighted by molar-refractivity contribution is 6.01. The predicted octanol–water partition coefficient (Wildman–Crippen LogP) is 1.99. The van der Waals surface area contributed by atoms with Crippen LogP contribution in [0.3, 0.4) is 0 Å². The maximum Gasteiger partial charge on any atom is 0.343 e. The molecule has 0 aliphatic rings. The first-order chi connectivity index (χ1) is 15.4. The van der Waals surface area contributed by atoms with Crippen LogP contribution in [-0.4, -0.2) is 37.8 Å². The Hall–Kier alpha value is -4.24. The Bertz CT molecular complexity index is 1190. The summed E-state index contributed by atoms with van der Waals surface area (Å²) in [5.41, 5.74) is 13.1. The predicted molar refractivity (Wildman–Crippen MR) is 125 cm³/mol. The van der Waals surface area contributed by atoms with E-state index < -0.39 is 11.9 Å². The van der Waals surface area contributed by atoms with Crippen molar-refractivity contribution in [2.75, 3.05) is 19.0 Å². The lowest BCUT2D eigenvalue weighted by molar-refractivity contribution is -0.117. The number of rotatable bonds is 9. The van der Waals surface area contributed by atoms with Gasteiger partial charge in [0.25, 0.3) is 0 Å². The molecule has 0 bridgehead atoms. The van der Waals surface area contributed by atoms with E-state index in [0.29, 0.717) is 28.7 Å². The third kappa shape index (κ3) is 5.46. The summed E-state index contributed by atoms with van der Waals surface area (Å²) in [6.45, 7) is 0.493. The molecular weight excluding hydrogens is 408 g/mol. The normalized spacial score (nSPS) is 10.9. The standard InChI is InChI=1S/C23H24N6O3/c1-27-12-28-13-29-17-6-2-14(3-7-17)23(31)32-20-9-5-15-10-16(22(25)26)4-8-18(15)19(20)11-21(24)30/h2-10,13,27H,11-12H2,1H3,(H2,24,30)(H3,25,26)(H,28,29). The van der Waals surface area contributed by atoms with Crippen LogP contribution in [0.25, 0.3) is 10.8 Å². The minimum atomic E-state index is -0.564. The third-order valence-electron chi connectivity index (χ3n) is 4.65. The number of primary amides is 1. The minimum absolute atomic E-state index is 0.0647. The highest BCUT2D eigenvalue weighted by atomic mass is 16.5. The van der Waals surface area contributed by atoms with E-state index in [1.807, 2.05) is 0 Å². The molecule has 7 N–H and O–H groups in total. The van der Waals surface area contributed by atoms with E-state index in [-0.39, 0.29) is 18.0 Å². The number of nitrogens with zero attached hydrogens (tertiary/aromatic N) is 1. The molecule has 164 valence electrons. The first kappa shape index (κ1) is 22.4. The number of carbonyl (C=O) groups excluding carboxylic acids is 2. The molecule has 0 aliphatic heterocycles. The van der Waals surface area contributed by atoms with Gasteiger partial charge in [0.1, 0.15) is 11.6 Å². The van der Waals surface area contributed by atoms with Crippen LogP contribution >= 0.6 is 0 Å². The number of amidine groups is 1. The lowest BCUT2D eigenvalue weighted by atomic mass is 9.98. The average molecular weight is 432 g/mol. The first-order valence-corrected chi connectivity index (χ1v) is 9.79. The zero-order valence-corrected chi connectivity index (χ0v) is 17.5. The van der Waals surface area contributed by atoms with E-state index in [4.69, 9.17) is 21.6 Å². The Balaban J connectivity index is 1.85. The molecule has 0 atom stereocenters. The quantitative estimate of drug-likeness (QED) is 0.151. The van der Waals surface area contributed by atoms with Gasteiger partial charge in [-0.15, -0.1) is 0 Å². The molecule has 0 aromatic heterocycles. The number of aliphatic imine (C=N–C) groups is 1. The number of carbonyl (C=O) groups is 2. The lowest BCUT2D eigenvalue weighted by Crippen LogP contribution is -2.16. The summed E-state index contributed by atoms with van der Waals surface area (Å²) >= 11 is 0. The van der Waals surface area contributed by atoms with Gasteiger partial charge < -0.3 is 26.8 Å². The Kier molecular flexibility index (Phi) is 7.14. The highest BCUT2D eigenvalue weighted by Crippen LogP contribution is 2.30. The molecule has 0 aliphatic carbocycles. The van der Waals surface area contributed by atoms with Gasteiger partial charge in [-0.25, -0.2) is 4.79 Å².